The predicted octanol–water partition coefficient (Wildman–Crippen LogP) is 3.97. The van der Waals surface area contributed by atoms with Crippen LogP contribution in [-0.2, 0) is 6.54 Å². The van der Waals surface area contributed by atoms with E-state index >= 15 is 0 Å². The molecule has 5 rings (SSSR count). The Balaban J connectivity index is 1.34. The fraction of sp³-hybridized carbons (Fsp3) is 0.130. The van der Waals surface area contributed by atoms with Crippen molar-refractivity contribution in [2.45, 2.75) is 11.7 Å². The van der Waals surface area contributed by atoms with Gasteiger partial charge in [0.05, 0.1) is 23.9 Å². The van der Waals surface area contributed by atoms with Crippen LogP contribution >= 0.6 is 11.8 Å². The van der Waals surface area contributed by atoms with Crippen molar-refractivity contribution < 1.29 is 14.0 Å². The summed E-state index contributed by atoms with van der Waals surface area (Å²) in [5.41, 5.74) is 1.88. The number of carbonyl (C=O) groups is 2. The van der Waals surface area contributed by atoms with E-state index in [1.165, 1.54) is 16.7 Å². The average Bonchev–Trinajstić information content (AvgIpc) is 3.52. The van der Waals surface area contributed by atoms with Gasteiger partial charge in [0.1, 0.15) is 5.76 Å². The molecule has 0 bridgehead atoms. The Morgan fingerprint density at radius 3 is 2.23 bits per heavy atom. The molecule has 1 aliphatic rings. The predicted molar refractivity (Wildman–Crippen MR) is 116 cm³/mol. The third kappa shape index (κ3) is 3.66. The van der Waals surface area contributed by atoms with Crippen molar-refractivity contribution in [3.8, 4) is 11.4 Å². The average molecular weight is 430 g/mol. The van der Waals surface area contributed by atoms with E-state index in [9.17, 15) is 9.59 Å². The van der Waals surface area contributed by atoms with Crippen LogP contribution in [0.5, 0.6) is 0 Å². The van der Waals surface area contributed by atoms with Crippen LogP contribution in [0.1, 0.15) is 26.5 Å². The van der Waals surface area contributed by atoms with Gasteiger partial charge in [0.25, 0.3) is 11.8 Å². The highest BCUT2D eigenvalue weighted by molar-refractivity contribution is 7.99. The van der Waals surface area contributed by atoms with Crippen LogP contribution in [0.3, 0.4) is 0 Å². The molecule has 0 radical (unpaired) electrons. The number of rotatable bonds is 7. The Morgan fingerprint density at radius 2 is 1.55 bits per heavy atom. The zero-order chi connectivity index (χ0) is 21.2. The van der Waals surface area contributed by atoms with Crippen molar-refractivity contribution in [1.82, 2.24) is 19.7 Å². The second-order valence-corrected chi connectivity index (χ2v) is 8.06. The molecule has 2 amide bonds. The van der Waals surface area contributed by atoms with E-state index in [-0.39, 0.29) is 11.8 Å². The summed E-state index contributed by atoms with van der Waals surface area (Å²) in [5.74, 6) is 1.54. The quantitative estimate of drug-likeness (QED) is 0.326. The monoisotopic (exact) mass is 430 g/mol. The molecular formula is C23H18N4O3S. The Hall–Kier alpha value is -3.65. The summed E-state index contributed by atoms with van der Waals surface area (Å²) in [6, 6.07) is 20.5. The molecule has 7 nitrogen and oxygen atoms in total. The van der Waals surface area contributed by atoms with Gasteiger partial charge < -0.3 is 4.42 Å². The van der Waals surface area contributed by atoms with Gasteiger partial charge in [-0.1, -0.05) is 54.2 Å². The number of amides is 2. The Kier molecular flexibility index (Phi) is 5.13. The number of hydrogen-bond donors (Lipinski definition) is 0. The van der Waals surface area contributed by atoms with Gasteiger partial charge >= 0.3 is 0 Å². The van der Waals surface area contributed by atoms with E-state index in [1.54, 1.807) is 30.5 Å². The lowest BCUT2D eigenvalue weighted by Crippen LogP contribution is -2.31. The molecule has 0 N–H and O–H groups in total. The molecule has 0 atom stereocenters. The van der Waals surface area contributed by atoms with E-state index < -0.39 is 0 Å². The molecule has 0 aliphatic carbocycles. The Morgan fingerprint density at radius 1 is 0.839 bits per heavy atom. The Labute approximate surface area is 182 Å². The SMILES string of the molecule is O=C1c2ccccc2C(=O)N1CCSc1nnc(-c2ccccc2)n1Cc1ccco1. The smallest absolute Gasteiger partial charge is 0.261 e. The second kappa shape index (κ2) is 8.23. The van der Waals surface area contributed by atoms with Gasteiger partial charge in [-0.2, -0.15) is 0 Å². The van der Waals surface area contributed by atoms with Crippen LogP contribution < -0.4 is 0 Å². The van der Waals surface area contributed by atoms with Crippen LogP contribution in [0, 0.1) is 0 Å². The highest BCUT2D eigenvalue weighted by Gasteiger charge is 2.34. The molecule has 2 aromatic carbocycles. The van der Waals surface area contributed by atoms with Crippen molar-refractivity contribution >= 4 is 23.6 Å². The standard InChI is InChI=1S/C23H18N4O3S/c28-21-18-10-4-5-11-19(18)22(29)26(21)12-14-31-23-25-24-20(16-7-2-1-3-8-16)27(23)15-17-9-6-13-30-17/h1-11,13H,12,14-15H2. The molecule has 0 saturated heterocycles. The zero-order valence-corrected chi connectivity index (χ0v) is 17.3. The number of nitrogens with zero attached hydrogens (tertiary/aromatic N) is 4. The fourth-order valence-electron chi connectivity index (χ4n) is 3.57. The zero-order valence-electron chi connectivity index (χ0n) is 16.5. The molecule has 154 valence electrons. The van der Waals surface area contributed by atoms with Gasteiger partial charge in [0, 0.05) is 17.9 Å². The first kappa shape index (κ1) is 19.3. The summed E-state index contributed by atoms with van der Waals surface area (Å²) in [6.07, 6.45) is 1.64. The number of aromatic nitrogens is 3. The normalized spacial score (nSPS) is 13.1. The molecule has 1 aliphatic heterocycles. The third-order valence-corrected chi connectivity index (χ3v) is 6.01. The van der Waals surface area contributed by atoms with Crippen molar-refractivity contribution in [2.24, 2.45) is 0 Å². The summed E-state index contributed by atoms with van der Waals surface area (Å²) in [6.45, 7) is 0.783. The van der Waals surface area contributed by atoms with Crippen LogP contribution in [-0.4, -0.2) is 43.8 Å². The summed E-state index contributed by atoms with van der Waals surface area (Å²) in [5, 5.41) is 9.44. The van der Waals surface area contributed by atoms with Gasteiger partial charge in [-0.05, 0) is 24.3 Å². The minimum Gasteiger partial charge on any atom is -0.467 e. The minimum atomic E-state index is -0.247. The minimum absolute atomic E-state index is 0.247. The lowest BCUT2D eigenvalue weighted by Gasteiger charge is -2.13. The molecule has 2 aromatic heterocycles. The maximum Gasteiger partial charge on any atom is 0.261 e. The fourth-order valence-corrected chi connectivity index (χ4v) is 4.43. The van der Waals surface area contributed by atoms with Crippen molar-refractivity contribution in [3.63, 3.8) is 0 Å². The van der Waals surface area contributed by atoms with Gasteiger partial charge in [-0.15, -0.1) is 10.2 Å². The van der Waals surface area contributed by atoms with Gasteiger partial charge in [-0.3, -0.25) is 19.1 Å². The number of benzene rings is 2. The van der Waals surface area contributed by atoms with E-state index in [1.807, 2.05) is 47.0 Å². The number of hydrogen-bond acceptors (Lipinski definition) is 6. The highest BCUT2D eigenvalue weighted by Crippen LogP contribution is 2.27. The molecule has 31 heavy (non-hydrogen) atoms. The van der Waals surface area contributed by atoms with E-state index in [0.717, 1.165) is 17.1 Å². The third-order valence-electron chi connectivity index (χ3n) is 5.07. The molecule has 0 unspecified atom stereocenters. The molecule has 0 fully saturated rings. The largest absolute Gasteiger partial charge is 0.467 e. The van der Waals surface area contributed by atoms with Gasteiger partial charge in [-0.25, -0.2) is 0 Å². The maximum atomic E-state index is 12.6. The maximum absolute atomic E-state index is 12.6. The van der Waals surface area contributed by atoms with Crippen LogP contribution in [0.25, 0.3) is 11.4 Å². The first-order chi connectivity index (χ1) is 15.2. The number of fused-ring (bicyclic) bond motifs is 1. The van der Waals surface area contributed by atoms with Crippen molar-refractivity contribution in [1.29, 1.82) is 0 Å². The number of thioether (sulfide) groups is 1. The van der Waals surface area contributed by atoms with Crippen LogP contribution in [0.2, 0.25) is 0 Å². The van der Waals surface area contributed by atoms with Crippen molar-refractivity contribution in [2.75, 3.05) is 12.3 Å². The van der Waals surface area contributed by atoms with E-state index in [0.29, 0.717) is 35.1 Å². The topological polar surface area (TPSA) is 81.2 Å². The summed E-state index contributed by atoms with van der Waals surface area (Å²) in [7, 11) is 0. The number of imide groups is 1. The summed E-state index contributed by atoms with van der Waals surface area (Å²) < 4.78 is 7.51. The summed E-state index contributed by atoms with van der Waals surface area (Å²) >= 11 is 1.46. The van der Waals surface area contributed by atoms with Crippen LogP contribution in [0.15, 0.2) is 82.6 Å². The molecule has 0 saturated carbocycles. The Bertz CT molecular complexity index is 1200. The molecule has 3 heterocycles. The molecule has 8 heteroatoms. The van der Waals surface area contributed by atoms with Gasteiger partial charge in [0.2, 0.25) is 0 Å². The first-order valence-electron chi connectivity index (χ1n) is 9.81. The van der Waals surface area contributed by atoms with Gasteiger partial charge in [0.15, 0.2) is 11.0 Å². The van der Waals surface area contributed by atoms with E-state index in [4.69, 9.17) is 4.42 Å². The molecule has 4 aromatic rings. The van der Waals surface area contributed by atoms with E-state index in [2.05, 4.69) is 10.2 Å². The van der Waals surface area contributed by atoms with Crippen LogP contribution in [0.4, 0.5) is 0 Å². The second-order valence-electron chi connectivity index (χ2n) is 6.99. The number of furan rings is 1. The van der Waals surface area contributed by atoms with Crippen molar-refractivity contribution in [3.05, 3.63) is 89.9 Å². The highest BCUT2D eigenvalue weighted by atomic mass is 32.2. The lowest BCUT2D eigenvalue weighted by atomic mass is 10.1. The summed E-state index contributed by atoms with van der Waals surface area (Å²) in [4.78, 5) is 26.4. The number of carbonyl (C=O) groups excluding carboxylic acids is 2. The molecule has 0 spiro atoms. The first-order valence-corrected chi connectivity index (χ1v) is 10.8. The molecular weight excluding hydrogens is 412 g/mol. The lowest BCUT2D eigenvalue weighted by molar-refractivity contribution is 0.0664.